The van der Waals surface area contributed by atoms with Crippen LogP contribution in [0, 0.1) is 0 Å². The lowest BCUT2D eigenvalue weighted by molar-refractivity contribution is -0.146. The maximum Gasteiger partial charge on any atom is 0.407 e. The first kappa shape index (κ1) is 17.3. The number of alkyl carbamates (subject to hydrolysis) is 1. The number of halogens is 1. The number of carboxylic acids is 1. The number of aliphatic hydroxyl groups is 1. The summed E-state index contributed by atoms with van der Waals surface area (Å²) in [7, 11) is 0. The molecule has 0 saturated heterocycles. The van der Waals surface area contributed by atoms with Crippen LogP contribution >= 0.6 is 11.6 Å². The molecule has 0 saturated carbocycles. The molecule has 0 radical (unpaired) electrons. The van der Waals surface area contributed by atoms with E-state index in [0.717, 1.165) is 5.56 Å². The van der Waals surface area contributed by atoms with Crippen LogP contribution in [-0.2, 0) is 16.1 Å². The fraction of sp³-hybridized carbons (Fsp3) is 0.429. The minimum Gasteiger partial charge on any atom is -0.479 e. The molecule has 1 aromatic carbocycles. The molecular formula is C14H18ClNO5. The Morgan fingerprint density at radius 1 is 1.29 bits per heavy atom. The molecule has 116 valence electrons. The molecule has 0 spiro atoms. The van der Waals surface area contributed by atoms with E-state index in [1.807, 2.05) is 0 Å². The van der Waals surface area contributed by atoms with Crippen LogP contribution in [0.25, 0.3) is 0 Å². The lowest BCUT2D eigenvalue weighted by Crippen LogP contribution is -2.26. The number of aliphatic carboxylic acids is 1. The Morgan fingerprint density at radius 3 is 2.67 bits per heavy atom. The average Bonchev–Trinajstić information content (AvgIpc) is 2.45. The topological polar surface area (TPSA) is 95.9 Å². The second-order valence-electron chi connectivity index (χ2n) is 4.44. The molecule has 0 fully saturated rings. The highest BCUT2D eigenvalue weighted by Gasteiger charge is 2.11. The van der Waals surface area contributed by atoms with Crippen molar-refractivity contribution in [3.63, 3.8) is 0 Å². The van der Waals surface area contributed by atoms with E-state index in [4.69, 9.17) is 26.6 Å². The zero-order chi connectivity index (χ0) is 15.7. The molecule has 3 N–H and O–H groups in total. The summed E-state index contributed by atoms with van der Waals surface area (Å²) in [5, 5.41) is 20.6. The van der Waals surface area contributed by atoms with Crippen molar-refractivity contribution in [3.05, 3.63) is 34.9 Å². The maximum absolute atomic E-state index is 11.4. The van der Waals surface area contributed by atoms with Crippen LogP contribution in [-0.4, -0.2) is 34.9 Å². The van der Waals surface area contributed by atoms with E-state index in [1.165, 1.54) is 0 Å². The molecule has 7 heteroatoms. The van der Waals surface area contributed by atoms with Gasteiger partial charge in [-0.2, -0.15) is 0 Å². The predicted octanol–water partition coefficient (Wildman–Crippen LogP) is 2.18. The van der Waals surface area contributed by atoms with E-state index in [1.54, 1.807) is 24.3 Å². The van der Waals surface area contributed by atoms with Crippen LogP contribution in [0.15, 0.2) is 24.3 Å². The van der Waals surface area contributed by atoms with E-state index in [-0.39, 0.29) is 13.0 Å². The third-order valence-electron chi connectivity index (χ3n) is 2.78. The lowest BCUT2D eigenvalue weighted by atomic mass is 10.1. The van der Waals surface area contributed by atoms with Gasteiger partial charge in [0.1, 0.15) is 6.61 Å². The molecule has 21 heavy (non-hydrogen) atoms. The molecule has 1 amide bonds. The highest BCUT2D eigenvalue weighted by molar-refractivity contribution is 6.31. The van der Waals surface area contributed by atoms with E-state index in [0.29, 0.717) is 24.4 Å². The van der Waals surface area contributed by atoms with Crippen molar-refractivity contribution in [2.24, 2.45) is 0 Å². The first-order valence-electron chi connectivity index (χ1n) is 6.55. The van der Waals surface area contributed by atoms with Crippen molar-refractivity contribution in [3.8, 4) is 0 Å². The Balaban J connectivity index is 2.12. The zero-order valence-corrected chi connectivity index (χ0v) is 12.2. The first-order chi connectivity index (χ1) is 10.0. The molecule has 1 aromatic rings. The average molecular weight is 316 g/mol. The normalized spacial score (nSPS) is 11.7. The molecule has 6 nitrogen and oxygen atoms in total. The zero-order valence-electron chi connectivity index (χ0n) is 11.4. The monoisotopic (exact) mass is 315 g/mol. The molecule has 0 aliphatic carbocycles. The van der Waals surface area contributed by atoms with Crippen LogP contribution in [0.5, 0.6) is 0 Å². The van der Waals surface area contributed by atoms with Gasteiger partial charge in [-0.05, 0) is 25.3 Å². The van der Waals surface area contributed by atoms with Crippen molar-refractivity contribution in [1.29, 1.82) is 0 Å². The summed E-state index contributed by atoms with van der Waals surface area (Å²) < 4.78 is 5.00. The number of nitrogens with one attached hydrogen (secondary N) is 1. The number of amides is 1. The lowest BCUT2D eigenvalue weighted by Gasteiger charge is -2.08. The van der Waals surface area contributed by atoms with Gasteiger partial charge in [0.15, 0.2) is 6.10 Å². The molecule has 0 aliphatic rings. The van der Waals surface area contributed by atoms with Gasteiger partial charge in [0.05, 0.1) is 0 Å². The number of aliphatic hydroxyl groups excluding tert-OH is 1. The van der Waals surface area contributed by atoms with Gasteiger partial charge in [-0.25, -0.2) is 9.59 Å². The quantitative estimate of drug-likeness (QED) is 0.639. The number of carboxylic acid groups (broad SMARTS) is 1. The molecule has 0 aliphatic heterocycles. The smallest absolute Gasteiger partial charge is 0.407 e. The van der Waals surface area contributed by atoms with Gasteiger partial charge in [-0.3, -0.25) is 0 Å². The van der Waals surface area contributed by atoms with Crippen LogP contribution in [0.1, 0.15) is 24.8 Å². The van der Waals surface area contributed by atoms with Crippen LogP contribution in [0.4, 0.5) is 4.79 Å². The SMILES string of the molecule is O=C(NCCCC[C@H](O)C(=O)O)OCc1ccccc1Cl. The van der Waals surface area contributed by atoms with E-state index in [9.17, 15) is 9.59 Å². The van der Waals surface area contributed by atoms with Crippen LogP contribution in [0.3, 0.4) is 0 Å². The number of carbonyl (C=O) groups excluding carboxylic acids is 1. The van der Waals surface area contributed by atoms with Gasteiger partial charge >= 0.3 is 12.1 Å². The van der Waals surface area contributed by atoms with Crippen molar-refractivity contribution in [2.75, 3.05) is 6.54 Å². The largest absolute Gasteiger partial charge is 0.479 e. The van der Waals surface area contributed by atoms with E-state index in [2.05, 4.69) is 5.32 Å². The molecule has 0 aromatic heterocycles. The van der Waals surface area contributed by atoms with Gasteiger partial charge < -0.3 is 20.3 Å². The second-order valence-corrected chi connectivity index (χ2v) is 4.85. The first-order valence-corrected chi connectivity index (χ1v) is 6.93. The number of ether oxygens (including phenoxy) is 1. The molecular weight excluding hydrogens is 298 g/mol. The van der Waals surface area contributed by atoms with E-state index < -0.39 is 18.2 Å². The highest BCUT2D eigenvalue weighted by Crippen LogP contribution is 2.15. The molecule has 0 heterocycles. The van der Waals surface area contributed by atoms with Crippen LogP contribution < -0.4 is 5.32 Å². The summed E-state index contributed by atoms with van der Waals surface area (Å²) in [6.45, 7) is 0.441. The number of hydrogen-bond donors (Lipinski definition) is 3. The molecule has 1 rings (SSSR count). The number of rotatable bonds is 8. The third-order valence-corrected chi connectivity index (χ3v) is 3.14. The number of hydrogen-bond acceptors (Lipinski definition) is 4. The number of unbranched alkanes of at least 4 members (excludes halogenated alkanes) is 1. The molecule has 0 unspecified atom stereocenters. The Hall–Kier alpha value is -1.79. The fourth-order valence-corrected chi connectivity index (χ4v) is 1.78. The summed E-state index contributed by atoms with van der Waals surface area (Å²) >= 11 is 5.93. The summed E-state index contributed by atoms with van der Waals surface area (Å²) in [6.07, 6.45) is -0.693. The Kier molecular flexibility index (Phi) is 7.56. The summed E-state index contributed by atoms with van der Waals surface area (Å²) in [6, 6.07) is 7.07. The van der Waals surface area contributed by atoms with Crippen molar-refractivity contribution < 1.29 is 24.5 Å². The minimum atomic E-state index is -1.35. The number of benzene rings is 1. The predicted molar refractivity (Wildman–Crippen MR) is 77.1 cm³/mol. The summed E-state index contributed by atoms with van der Waals surface area (Å²) in [4.78, 5) is 21.8. The third kappa shape index (κ3) is 6.97. The maximum atomic E-state index is 11.4. The molecule has 1 atom stereocenters. The summed E-state index contributed by atoms with van der Waals surface area (Å²) in [5.74, 6) is -1.23. The second kappa shape index (κ2) is 9.20. The van der Waals surface area contributed by atoms with Gasteiger partial charge in [-0.1, -0.05) is 29.8 Å². The van der Waals surface area contributed by atoms with Crippen molar-refractivity contribution in [1.82, 2.24) is 5.32 Å². The standard InChI is InChI=1S/C14H18ClNO5/c15-11-6-2-1-5-10(11)9-21-14(20)16-8-4-3-7-12(17)13(18)19/h1-2,5-6,12,17H,3-4,7-9H2,(H,16,20)(H,18,19)/t12-/m0/s1. The van der Waals surface area contributed by atoms with Crippen LogP contribution in [0.2, 0.25) is 5.02 Å². The van der Waals surface area contributed by atoms with Gasteiger partial charge in [-0.15, -0.1) is 0 Å². The Labute approximate surface area is 127 Å². The van der Waals surface area contributed by atoms with Gasteiger partial charge in [0.2, 0.25) is 0 Å². The van der Waals surface area contributed by atoms with E-state index >= 15 is 0 Å². The molecule has 0 bridgehead atoms. The van der Waals surface area contributed by atoms with Gasteiger partial charge in [0.25, 0.3) is 0 Å². The minimum absolute atomic E-state index is 0.0865. The highest BCUT2D eigenvalue weighted by atomic mass is 35.5. The Bertz CT molecular complexity index is 480. The fourth-order valence-electron chi connectivity index (χ4n) is 1.59. The number of carbonyl (C=O) groups is 2. The van der Waals surface area contributed by atoms with Crippen molar-refractivity contribution >= 4 is 23.7 Å². The van der Waals surface area contributed by atoms with Crippen molar-refractivity contribution in [2.45, 2.75) is 32.0 Å². The van der Waals surface area contributed by atoms with Gasteiger partial charge in [0, 0.05) is 17.1 Å². The summed E-state index contributed by atoms with van der Waals surface area (Å²) in [5.41, 5.74) is 0.721. The Morgan fingerprint density at radius 2 is 2.00 bits per heavy atom.